The van der Waals surface area contributed by atoms with Crippen molar-refractivity contribution in [1.82, 2.24) is 15.2 Å². The molecular formula is C10H10N4O. The molecule has 5 nitrogen and oxygen atoms in total. The van der Waals surface area contributed by atoms with Crippen LogP contribution in [-0.2, 0) is 4.79 Å². The Bertz CT molecular complexity index is 447. The van der Waals surface area contributed by atoms with Gasteiger partial charge in [0.05, 0.1) is 5.69 Å². The number of anilines is 1. The van der Waals surface area contributed by atoms with Crippen LogP contribution in [0.3, 0.4) is 0 Å². The summed E-state index contributed by atoms with van der Waals surface area (Å²) in [7, 11) is 0. The first-order chi connectivity index (χ1) is 7.25. The lowest BCUT2D eigenvalue weighted by Gasteiger charge is -2.01. The number of H-pyrrole nitrogens is 1. The van der Waals surface area contributed by atoms with E-state index in [0.717, 1.165) is 11.3 Å². The maximum Gasteiger partial charge on any atom is 0.222 e. The third kappa shape index (κ3) is 2.19. The molecule has 0 spiro atoms. The molecule has 5 heteroatoms. The normalized spacial score (nSPS) is 9.93. The second kappa shape index (κ2) is 3.91. The SMILES string of the molecule is CC(=O)Nc1ccc(-c2ccn[nH]2)cn1. The fraction of sp³-hybridized carbons (Fsp3) is 0.100. The van der Waals surface area contributed by atoms with Gasteiger partial charge in [0.2, 0.25) is 5.91 Å². The molecule has 0 saturated heterocycles. The summed E-state index contributed by atoms with van der Waals surface area (Å²) in [5.41, 5.74) is 1.83. The summed E-state index contributed by atoms with van der Waals surface area (Å²) in [5.74, 6) is 0.419. The Balaban J connectivity index is 2.21. The fourth-order valence-electron chi connectivity index (χ4n) is 1.22. The highest BCUT2D eigenvalue weighted by atomic mass is 16.1. The van der Waals surface area contributed by atoms with Crippen LogP contribution in [0.1, 0.15) is 6.92 Å². The van der Waals surface area contributed by atoms with E-state index in [1.165, 1.54) is 6.92 Å². The van der Waals surface area contributed by atoms with E-state index < -0.39 is 0 Å². The number of hydrogen-bond donors (Lipinski definition) is 2. The van der Waals surface area contributed by atoms with E-state index in [4.69, 9.17) is 0 Å². The van der Waals surface area contributed by atoms with Crippen LogP contribution in [0.4, 0.5) is 5.82 Å². The molecule has 0 unspecified atom stereocenters. The Morgan fingerprint density at radius 1 is 1.40 bits per heavy atom. The average Bonchev–Trinajstić information content (AvgIpc) is 2.71. The highest BCUT2D eigenvalue weighted by molar-refractivity contribution is 5.87. The van der Waals surface area contributed by atoms with Gasteiger partial charge in [0.15, 0.2) is 0 Å². The van der Waals surface area contributed by atoms with Gasteiger partial charge in [-0.2, -0.15) is 5.10 Å². The molecule has 2 N–H and O–H groups in total. The summed E-state index contributed by atoms with van der Waals surface area (Å²) < 4.78 is 0. The highest BCUT2D eigenvalue weighted by Crippen LogP contribution is 2.16. The van der Waals surface area contributed by atoms with Gasteiger partial charge >= 0.3 is 0 Å². The predicted molar refractivity (Wildman–Crippen MR) is 56.1 cm³/mol. The minimum absolute atomic E-state index is 0.128. The largest absolute Gasteiger partial charge is 0.311 e. The number of hydrogen-bond acceptors (Lipinski definition) is 3. The number of nitrogens with one attached hydrogen (secondary N) is 2. The van der Waals surface area contributed by atoms with E-state index in [1.54, 1.807) is 18.5 Å². The van der Waals surface area contributed by atoms with Crippen molar-refractivity contribution in [3.8, 4) is 11.3 Å². The molecule has 0 radical (unpaired) electrons. The Morgan fingerprint density at radius 2 is 2.27 bits per heavy atom. The number of nitrogens with zero attached hydrogens (tertiary/aromatic N) is 2. The van der Waals surface area contributed by atoms with Crippen LogP contribution in [-0.4, -0.2) is 21.1 Å². The zero-order chi connectivity index (χ0) is 10.7. The molecule has 2 rings (SSSR count). The maximum absolute atomic E-state index is 10.8. The van der Waals surface area contributed by atoms with Crippen LogP contribution < -0.4 is 5.32 Å². The Hall–Kier alpha value is -2.17. The van der Waals surface area contributed by atoms with Crippen LogP contribution in [0.25, 0.3) is 11.3 Å². The molecule has 76 valence electrons. The van der Waals surface area contributed by atoms with Gasteiger partial charge in [-0.15, -0.1) is 0 Å². The van der Waals surface area contributed by atoms with E-state index in [2.05, 4.69) is 20.5 Å². The third-order valence-electron chi connectivity index (χ3n) is 1.88. The first kappa shape index (κ1) is 9.39. The number of carbonyl (C=O) groups is 1. The summed E-state index contributed by atoms with van der Waals surface area (Å²) >= 11 is 0. The second-order valence-electron chi connectivity index (χ2n) is 3.08. The van der Waals surface area contributed by atoms with Crippen molar-refractivity contribution in [3.05, 3.63) is 30.6 Å². The van der Waals surface area contributed by atoms with E-state index >= 15 is 0 Å². The molecule has 0 aromatic carbocycles. The molecule has 2 aromatic heterocycles. The van der Waals surface area contributed by atoms with Gasteiger partial charge in [0, 0.05) is 24.9 Å². The highest BCUT2D eigenvalue weighted by Gasteiger charge is 2.00. The second-order valence-corrected chi connectivity index (χ2v) is 3.08. The lowest BCUT2D eigenvalue weighted by Crippen LogP contribution is -2.06. The minimum Gasteiger partial charge on any atom is -0.311 e. The van der Waals surface area contributed by atoms with Crippen molar-refractivity contribution in [2.75, 3.05) is 5.32 Å². The zero-order valence-electron chi connectivity index (χ0n) is 8.19. The summed E-state index contributed by atoms with van der Waals surface area (Å²) in [5, 5.41) is 9.28. The first-order valence-corrected chi connectivity index (χ1v) is 4.49. The third-order valence-corrected chi connectivity index (χ3v) is 1.88. The average molecular weight is 202 g/mol. The van der Waals surface area contributed by atoms with Crippen LogP contribution >= 0.6 is 0 Å². The van der Waals surface area contributed by atoms with Crippen LogP contribution in [0.2, 0.25) is 0 Å². The Morgan fingerprint density at radius 3 is 2.80 bits per heavy atom. The summed E-state index contributed by atoms with van der Waals surface area (Å²) in [6.07, 6.45) is 3.36. The lowest BCUT2D eigenvalue weighted by atomic mass is 10.2. The Labute approximate surface area is 86.5 Å². The summed E-state index contributed by atoms with van der Waals surface area (Å²) in [6, 6.07) is 5.47. The molecule has 2 aromatic rings. The minimum atomic E-state index is -0.128. The summed E-state index contributed by atoms with van der Waals surface area (Å²) in [4.78, 5) is 14.9. The molecular weight excluding hydrogens is 192 g/mol. The quantitative estimate of drug-likeness (QED) is 0.773. The molecule has 0 aliphatic carbocycles. The number of aromatic amines is 1. The number of amides is 1. The van der Waals surface area contributed by atoms with Crippen molar-refractivity contribution in [1.29, 1.82) is 0 Å². The maximum atomic E-state index is 10.8. The van der Waals surface area contributed by atoms with Gasteiger partial charge in [-0.05, 0) is 18.2 Å². The molecule has 0 saturated carbocycles. The summed E-state index contributed by atoms with van der Waals surface area (Å²) in [6.45, 7) is 1.45. The first-order valence-electron chi connectivity index (χ1n) is 4.49. The molecule has 0 aliphatic heterocycles. The van der Waals surface area contributed by atoms with Gasteiger partial charge in [0.25, 0.3) is 0 Å². The molecule has 0 aliphatic rings. The van der Waals surface area contributed by atoms with Crippen molar-refractivity contribution >= 4 is 11.7 Å². The van der Waals surface area contributed by atoms with Crippen molar-refractivity contribution in [3.63, 3.8) is 0 Å². The van der Waals surface area contributed by atoms with Crippen molar-refractivity contribution < 1.29 is 4.79 Å². The lowest BCUT2D eigenvalue weighted by molar-refractivity contribution is -0.114. The standard InChI is InChI=1S/C10H10N4O/c1-7(15)13-10-3-2-8(6-11-10)9-4-5-12-14-9/h2-6H,1H3,(H,12,14)(H,11,13,15). The molecule has 0 bridgehead atoms. The fourth-order valence-corrected chi connectivity index (χ4v) is 1.22. The molecule has 0 fully saturated rings. The Kier molecular flexibility index (Phi) is 2.45. The van der Waals surface area contributed by atoms with E-state index in [0.29, 0.717) is 5.82 Å². The number of pyridine rings is 1. The van der Waals surface area contributed by atoms with Gasteiger partial charge in [-0.1, -0.05) is 0 Å². The molecule has 1 amide bonds. The van der Waals surface area contributed by atoms with Gasteiger partial charge in [-0.25, -0.2) is 4.98 Å². The zero-order valence-corrected chi connectivity index (χ0v) is 8.19. The van der Waals surface area contributed by atoms with Crippen LogP contribution in [0.5, 0.6) is 0 Å². The van der Waals surface area contributed by atoms with Crippen molar-refractivity contribution in [2.45, 2.75) is 6.92 Å². The molecule has 15 heavy (non-hydrogen) atoms. The van der Waals surface area contributed by atoms with Gasteiger partial charge < -0.3 is 5.32 Å². The molecule has 0 atom stereocenters. The van der Waals surface area contributed by atoms with Crippen LogP contribution in [0.15, 0.2) is 30.6 Å². The number of carbonyl (C=O) groups excluding carboxylic acids is 1. The number of aromatic nitrogens is 3. The molecule has 2 heterocycles. The van der Waals surface area contributed by atoms with Gasteiger partial charge in [0.1, 0.15) is 5.82 Å². The smallest absolute Gasteiger partial charge is 0.222 e. The predicted octanol–water partition coefficient (Wildman–Crippen LogP) is 1.43. The van der Waals surface area contributed by atoms with Gasteiger partial charge in [-0.3, -0.25) is 9.89 Å². The van der Waals surface area contributed by atoms with Crippen molar-refractivity contribution in [2.24, 2.45) is 0 Å². The monoisotopic (exact) mass is 202 g/mol. The van der Waals surface area contributed by atoms with E-state index in [1.807, 2.05) is 12.1 Å². The van der Waals surface area contributed by atoms with E-state index in [9.17, 15) is 4.79 Å². The van der Waals surface area contributed by atoms with Crippen LogP contribution in [0, 0.1) is 0 Å². The van der Waals surface area contributed by atoms with E-state index in [-0.39, 0.29) is 5.91 Å². The number of rotatable bonds is 2. The topological polar surface area (TPSA) is 70.7 Å².